The lowest BCUT2D eigenvalue weighted by Crippen LogP contribution is -2.30. The number of nitrogens with zero attached hydrogens (tertiary/aromatic N) is 2. The topological polar surface area (TPSA) is 29.9 Å². The second-order valence-electron chi connectivity index (χ2n) is 4.86. The van der Waals surface area contributed by atoms with Gasteiger partial charge in [0.05, 0.1) is 11.7 Å². The molecule has 1 aliphatic rings. The van der Waals surface area contributed by atoms with Gasteiger partial charge >= 0.3 is 0 Å². The quantitative estimate of drug-likeness (QED) is 0.898. The van der Waals surface area contributed by atoms with Crippen LogP contribution in [0.3, 0.4) is 0 Å². The summed E-state index contributed by atoms with van der Waals surface area (Å²) in [7, 11) is 0. The van der Waals surface area contributed by atoms with E-state index in [9.17, 15) is 8.78 Å². The first-order chi connectivity index (χ1) is 9.15. The third kappa shape index (κ3) is 2.20. The summed E-state index contributed by atoms with van der Waals surface area (Å²) in [6, 6.07) is 10.5. The van der Waals surface area contributed by atoms with Crippen LogP contribution < -0.4 is 5.32 Å². The summed E-state index contributed by atoms with van der Waals surface area (Å²) in [6.45, 7) is 1.81. The average Bonchev–Trinajstić information content (AvgIpc) is 2.78. The Hall–Kier alpha value is -1.91. The highest BCUT2D eigenvalue weighted by atomic mass is 19.3. The van der Waals surface area contributed by atoms with E-state index in [0.717, 1.165) is 11.3 Å². The van der Waals surface area contributed by atoms with Gasteiger partial charge in [-0.2, -0.15) is 5.10 Å². The molecular weight excluding hydrogens is 248 g/mol. The molecule has 2 atom stereocenters. The van der Waals surface area contributed by atoms with E-state index in [2.05, 4.69) is 10.4 Å². The fourth-order valence-electron chi connectivity index (χ4n) is 2.57. The van der Waals surface area contributed by atoms with Crippen LogP contribution in [0.15, 0.2) is 36.4 Å². The van der Waals surface area contributed by atoms with Crippen LogP contribution in [0.5, 0.6) is 0 Å². The third-order valence-electron chi connectivity index (χ3n) is 3.46. The van der Waals surface area contributed by atoms with Gasteiger partial charge in [-0.15, -0.1) is 0 Å². The smallest absolute Gasteiger partial charge is 0.260 e. The van der Waals surface area contributed by atoms with Crippen LogP contribution in [0.4, 0.5) is 14.6 Å². The van der Waals surface area contributed by atoms with Crippen LogP contribution in [0.25, 0.3) is 0 Å². The normalized spacial score (nSPS) is 22.1. The van der Waals surface area contributed by atoms with Crippen molar-refractivity contribution in [1.82, 2.24) is 9.78 Å². The van der Waals surface area contributed by atoms with Gasteiger partial charge in [0.15, 0.2) is 0 Å². The summed E-state index contributed by atoms with van der Waals surface area (Å²) in [5.74, 6) is 0.669. The predicted molar refractivity (Wildman–Crippen MR) is 69.4 cm³/mol. The van der Waals surface area contributed by atoms with Crippen LogP contribution in [0, 0.1) is 6.92 Å². The van der Waals surface area contributed by atoms with Gasteiger partial charge in [0.2, 0.25) is 0 Å². The van der Waals surface area contributed by atoms with Crippen molar-refractivity contribution in [3.8, 4) is 0 Å². The summed E-state index contributed by atoms with van der Waals surface area (Å²) >= 11 is 0. The Morgan fingerprint density at radius 3 is 2.74 bits per heavy atom. The Balaban J connectivity index is 1.97. The highest BCUT2D eigenvalue weighted by molar-refractivity contribution is 5.43. The molecule has 1 aromatic heterocycles. The van der Waals surface area contributed by atoms with Crippen molar-refractivity contribution >= 4 is 5.82 Å². The zero-order valence-electron chi connectivity index (χ0n) is 10.6. The lowest BCUT2D eigenvalue weighted by atomic mass is 9.97. The largest absolute Gasteiger partial charge is 0.363 e. The van der Waals surface area contributed by atoms with Gasteiger partial charge in [0.1, 0.15) is 11.9 Å². The highest BCUT2D eigenvalue weighted by Gasteiger charge is 2.33. The number of nitrogens with one attached hydrogen (secondary N) is 1. The molecule has 19 heavy (non-hydrogen) atoms. The number of rotatable bonds is 2. The fraction of sp³-hybridized carbons (Fsp3) is 0.357. The van der Waals surface area contributed by atoms with Gasteiger partial charge in [0.25, 0.3) is 6.43 Å². The van der Waals surface area contributed by atoms with E-state index in [4.69, 9.17) is 0 Å². The monoisotopic (exact) mass is 263 g/mol. The Kier molecular flexibility index (Phi) is 2.97. The first kappa shape index (κ1) is 12.1. The van der Waals surface area contributed by atoms with E-state index in [1.807, 2.05) is 43.3 Å². The molecule has 100 valence electrons. The van der Waals surface area contributed by atoms with Gasteiger partial charge in [-0.3, -0.25) is 0 Å². The third-order valence-corrected chi connectivity index (χ3v) is 3.46. The van der Waals surface area contributed by atoms with Crippen molar-refractivity contribution in [2.24, 2.45) is 0 Å². The Bertz CT molecular complexity index is 565. The van der Waals surface area contributed by atoms with E-state index in [0.29, 0.717) is 12.2 Å². The van der Waals surface area contributed by atoms with Crippen molar-refractivity contribution in [3.63, 3.8) is 0 Å². The summed E-state index contributed by atoms with van der Waals surface area (Å²) in [5.41, 5.74) is 1.78. The van der Waals surface area contributed by atoms with E-state index >= 15 is 0 Å². The molecule has 0 aliphatic carbocycles. The minimum Gasteiger partial charge on any atom is -0.363 e. The minimum absolute atomic E-state index is 0.0937. The van der Waals surface area contributed by atoms with Crippen LogP contribution in [0.2, 0.25) is 0 Å². The molecule has 2 aromatic rings. The second-order valence-corrected chi connectivity index (χ2v) is 4.86. The maximum atomic E-state index is 13.2. The number of halogens is 2. The lowest BCUT2D eigenvalue weighted by Gasteiger charge is -2.32. The van der Waals surface area contributed by atoms with Crippen LogP contribution in [0.1, 0.15) is 29.8 Å². The SMILES string of the molecule is Cc1cc2n(n1)[C@@H](C(F)F)C[C@@H](c1ccccc1)N2. The molecule has 0 fully saturated rings. The molecule has 3 nitrogen and oxygen atoms in total. The van der Waals surface area contributed by atoms with Gasteiger partial charge < -0.3 is 5.32 Å². The molecule has 1 N–H and O–H groups in total. The number of anilines is 1. The molecule has 0 spiro atoms. The molecule has 1 aromatic carbocycles. The standard InChI is InChI=1S/C14H15F2N3/c1-9-7-13-17-11(10-5-3-2-4-6-10)8-12(14(15)16)19(13)18-9/h2-7,11-12,14,17H,8H2,1H3/t11-,12+/m0/s1. The molecule has 3 rings (SSSR count). The Morgan fingerprint density at radius 1 is 1.32 bits per heavy atom. The number of aryl methyl sites for hydroxylation is 1. The van der Waals surface area contributed by atoms with E-state index in [-0.39, 0.29) is 6.04 Å². The number of hydrogen-bond donors (Lipinski definition) is 1. The van der Waals surface area contributed by atoms with Crippen LogP contribution >= 0.6 is 0 Å². The molecule has 0 saturated carbocycles. The fourth-order valence-corrected chi connectivity index (χ4v) is 2.57. The minimum atomic E-state index is -2.41. The molecule has 1 aliphatic heterocycles. The van der Waals surface area contributed by atoms with Crippen molar-refractivity contribution < 1.29 is 8.78 Å². The molecule has 0 unspecified atom stereocenters. The maximum absolute atomic E-state index is 13.2. The number of fused-ring (bicyclic) bond motifs is 1. The molecule has 0 radical (unpaired) electrons. The number of aromatic nitrogens is 2. The first-order valence-corrected chi connectivity index (χ1v) is 6.31. The van der Waals surface area contributed by atoms with Crippen molar-refractivity contribution in [2.45, 2.75) is 31.9 Å². The van der Waals surface area contributed by atoms with E-state index in [1.165, 1.54) is 4.68 Å². The Labute approximate surface area is 110 Å². The maximum Gasteiger partial charge on any atom is 0.260 e. The molecule has 5 heteroatoms. The summed E-state index contributed by atoms with van der Waals surface area (Å²) in [5, 5.41) is 7.44. The number of alkyl halides is 2. The molecule has 2 heterocycles. The highest BCUT2D eigenvalue weighted by Crippen LogP contribution is 2.37. The molecule has 0 amide bonds. The zero-order valence-corrected chi connectivity index (χ0v) is 10.6. The van der Waals surface area contributed by atoms with Gasteiger partial charge in [-0.25, -0.2) is 13.5 Å². The Morgan fingerprint density at radius 2 is 2.05 bits per heavy atom. The van der Waals surface area contributed by atoms with Crippen LogP contribution in [-0.4, -0.2) is 16.2 Å². The lowest BCUT2D eigenvalue weighted by molar-refractivity contribution is 0.0657. The summed E-state index contributed by atoms with van der Waals surface area (Å²) < 4.78 is 27.8. The average molecular weight is 263 g/mol. The second kappa shape index (κ2) is 4.64. The van der Waals surface area contributed by atoms with Crippen molar-refractivity contribution in [3.05, 3.63) is 47.7 Å². The van der Waals surface area contributed by atoms with Crippen LogP contribution in [-0.2, 0) is 0 Å². The number of hydrogen-bond acceptors (Lipinski definition) is 2. The summed E-state index contributed by atoms with van der Waals surface area (Å²) in [4.78, 5) is 0. The van der Waals surface area contributed by atoms with Gasteiger partial charge in [-0.05, 0) is 18.9 Å². The first-order valence-electron chi connectivity index (χ1n) is 6.31. The van der Waals surface area contributed by atoms with Gasteiger partial charge in [-0.1, -0.05) is 30.3 Å². The van der Waals surface area contributed by atoms with Crippen molar-refractivity contribution in [2.75, 3.05) is 5.32 Å². The molecule has 0 bridgehead atoms. The molecular formula is C14H15F2N3. The predicted octanol–water partition coefficient (Wildman–Crippen LogP) is 3.55. The number of benzene rings is 1. The zero-order chi connectivity index (χ0) is 13.4. The summed E-state index contributed by atoms with van der Waals surface area (Å²) in [6.07, 6.45) is -2.07. The van der Waals surface area contributed by atoms with E-state index < -0.39 is 12.5 Å². The molecule has 0 saturated heterocycles. The van der Waals surface area contributed by atoms with Gasteiger partial charge in [0, 0.05) is 6.07 Å². The van der Waals surface area contributed by atoms with Crippen molar-refractivity contribution in [1.29, 1.82) is 0 Å². The van der Waals surface area contributed by atoms with E-state index in [1.54, 1.807) is 0 Å².